The van der Waals surface area contributed by atoms with Crippen LogP contribution in [0.1, 0.15) is 19.0 Å². The number of benzene rings is 1. The van der Waals surface area contributed by atoms with Crippen LogP contribution in [-0.2, 0) is 9.47 Å². The van der Waals surface area contributed by atoms with Gasteiger partial charge < -0.3 is 29.8 Å². The Labute approximate surface area is 185 Å². The number of aromatic amines is 1. The van der Waals surface area contributed by atoms with Crippen LogP contribution in [0.25, 0.3) is 22.6 Å². The number of nitrogens with two attached hydrogens (primary N) is 1. The second-order valence-corrected chi connectivity index (χ2v) is 8.34. The van der Waals surface area contributed by atoms with Gasteiger partial charge in [0.1, 0.15) is 12.4 Å². The number of rotatable bonds is 7. The van der Waals surface area contributed by atoms with Crippen LogP contribution in [0, 0.1) is 5.82 Å². The minimum absolute atomic E-state index is 0.259. The van der Waals surface area contributed by atoms with Crippen molar-refractivity contribution in [3.05, 3.63) is 48.2 Å². The highest BCUT2D eigenvalue weighted by Crippen LogP contribution is 2.33. The van der Waals surface area contributed by atoms with Crippen LogP contribution in [0.4, 0.5) is 4.39 Å². The number of nitrogens with one attached hydrogen (secondary N) is 1. The van der Waals surface area contributed by atoms with Gasteiger partial charge in [0.2, 0.25) is 6.29 Å². The van der Waals surface area contributed by atoms with Gasteiger partial charge in [-0.2, -0.15) is 4.98 Å². The van der Waals surface area contributed by atoms with E-state index in [1.807, 2.05) is 25.9 Å². The van der Waals surface area contributed by atoms with E-state index in [1.54, 1.807) is 24.4 Å². The topological polar surface area (TPSA) is 111 Å². The molecule has 0 bridgehead atoms. The van der Waals surface area contributed by atoms with Crippen LogP contribution < -0.4 is 10.5 Å². The lowest BCUT2D eigenvalue weighted by molar-refractivity contribution is -0.211. The molecule has 1 aliphatic rings. The minimum Gasteiger partial charge on any atom is -0.462 e. The molecule has 0 atom stereocenters. The standard InChI is InChI=1S/C22H27FN6O3/c1-22(24)12-31-20(32-13-22)19-27-17(14-4-6-15(23)7-5-14)18(28-19)16-8-9-25-21(26-16)30-11-10-29(2)3/h4-9,20H,10-13,24H2,1-3H3,(H,27,28). The molecule has 0 spiro atoms. The van der Waals surface area contributed by atoms with E-state index in [-0.39, 0.29) is 11.8 Å². The van der Waals surface area contributed by atoms with Crippen molar-refractivity contribution in [2.24, 2.45) is 5.73 Å². The first-order chi connectivity index (χ1) is 15.3. The molecule has 1 aromatic carbocycles. The van der Waals surface area contributed by atoms with E-state index in [4.69, 9.17) is 24.9 Å². The predicted molar refractivity (Wildman–Crippen MR) is 116 cm³/mol. The SMILES string of the molecule is CN(C)CCOc1nccc(-c2[nH]c(C3OCC(C)(N)CO3)nc2-c2ccc(F)cc2)n1. The third kappa shape index (κ3) is 5.28. The largest absolute Gasteiger partial charge is 0.462 e. The van der Waals surface area contributed by atoms with Gasteiger partial charge in [0, 0.05) is 18.3 Å². The highest BCUT2D eigenvalue weighted by molar-refractivity contribution is 5.76. The van der Waals surface area contributed by atoms with Crippen molar-refractivity contribution >= 4 is 0 Å². The number of aromatic nitrogens is 4. The van der Waals surface area contributed by atoms with Crippen molar-refractivity contribution in [3.63, 3.8) is 0 Å². The molecule has 170 valence electrons. The van der Waals surface area contributed by atoms with Gasteiger partial charge in [-0.1, -0.05) is 0 Å². The number of ether oxygens (including phenoxy) is 3. The van der Waals surface area contributed by atoms with Gasteiger partial charge in [-0.15, -0.1) is 0 Å². The van der Waals surface area contributed by atoms with Crippen molar-refractivity contribution in [3.8, 4) is 28.7 Å². The summed E-state index contributed by atoms with van der Waals surface area (Å²) in [6.45, 7) is 3.71. The van der Waals surface area contributed by atoms with E-state index in [1.165, 1.54) is 12.1 Å². The minimum atomic E-state index is -0.697. The molecule has 10 heteroatoms. The lowest BCUT2D eigenvalue weighted by Crippen LogP contribution is -2.50. The van der Waals surface area contributed by atoms with E-state index in [0.717, 1.165) is 12.1 Å². The molecule has 2 aromatic heterocycles. The number of H-pyrrole nitrogens is 1. The van der Waals surface area contributed by atoms with E-state index >= 15 is 0 Å². The molecule has 3 N–H and O–H groups in total. The summed E-state index contributed by atoms with van der Waals surface area (Å²) < 4.78 is 30.7. The van der Waals surface area contributed by atoms with Gasteiger partial charge in [0.25, 0.3) is 0 Å². The first-order valence-electron chi connectivity index (χ1n) is 10.3. The Morgan fingerprint density at radius 1 is 1.19 bits per heavy atom. The van der Waals surface area contributed by atoms with E-state index in [2.05, 4.69) is 15.0 Å². The Morgan fingerprint density at radius 2 is 1.91 bits per heavy atom. The molecule has 3 aromatic rings. The number of likely N-dealkylation sites (N-methyl/N-ethyl adjacent to an activating group) is 1. The summed E-state index contributed by atoms with van der Waals surface area (Å²) in [6.07, 6.45) is 0.924. The Morgan fingerprint density at radius 3 is 2.59 bits per heavy atom. The molecule has 0 radical (unpaired) electrons. The third-order valence-corrected chi connectivity index (χ3v) is 4.85. The number of nitrogens with zero attached hydrogens (tertiary/aromatic N) is 4. The van der Waals surface area contributed by atoms with Crippen LogP contribution in [0.3, 0.4) is 0 Å². The Balaban J connectivity index is 1.67. The van der Waals surface area contributed by atoms with Gasteiger partial charge in [-0.25, -0.2) is 14.4 Å². The Hall–Kier alpha value is -2.92. The third-order valence-electron chi connectivity index (χ3n) is 4.85. The number of imidazole rings is 1. The molecule has 1 aliphatic heterocycles. The average Bonchev–Trinajstić information content (AvgIpc) is 3.19. The monoisotopic (exact) mass is 442 g/mol. The highest BCUT2D eigenvalue weighted by atomic mass is 19.1. The van der Waals surface area contributed by atoms with Crippen molar-refractivity contribution in [2.45, 2.75) is 18.8 Å². The van der Waals surface area contributed by atoms with Gasteiger partial charge in [0.15, 0.2) is 5.82 Å². The second-order valence-electron chi connectivity index (χ2n) is 8.34. The summed E-state index contributed by atoms with van der Waals surface area (Å²) in [7, 11) is 3.93. The quantitative estimate of drug-likeness (QED) is 0.574. The summed E-state index contributed by atoms with van der Waals surface area (Å²) in [6, 6.07) is 8.10. The molecule has 1 saturated heterocycles. The molecular formula is C22H27FN6O3. The maximum atomic E-state index is 13.5. The summed E-state index contributed by atoms with van der Waals surface area (Å²) in [5, 5.41) is 0. The van der Waals surface area contributed by atoms with Crippen molar-refractivity contribution in [2.75, 3.05) is 40.5 Å². The zero-order chi connectivity index (χ0) is 22.7. The fraction of sp³-hybridized carbons (Fsp3) is 0.409. The van der Waals surface area contributed by atoms with Gasteiger partial charge in [0.05, 0.1) is 35.8 Å². The summed E-state index contributed by atoms with van der Waals surface area (Å²) >= 11 is 0. The van der Waals surface area contributed by atoms with Crippen LogP contribution in [0.2, 0.25) is 0 Å². The molecule has 0 aliphatic carbocycles. The fourth-order valence-electron chi connectivity index (χ4n) is 3.15. The van der Waals surface area contributed by atoms with Gasteiger partial charge in [-0.05, 0) is 51.4 Å². The molecule has 9 nitrogen and oxygen atoms in total. The first-order valence-corrected chi connectivity index (χ1v) is 10.3. The zero-order valence-corrected chi connectivity index (χ0v) is 18.3. The van der Waals surface area contributed by atoms with Gasteiger partial charge in [-0.3, -0.25) is 0 Å². The maximum absolute atomic E-state index is 13.5. The molecule has 0 unspecified atom stereocenters. The normalized spacial score (nSPS) is 21.1. The van der Waals surface area contributed by atoms with E-state index < -0.39 is 11.8 Å². The average molecular weight is 442 g/mol. The molecule has 1 fully saturated rings. The van der Waals surface area contributed by atoms with Crippen molar-refractivity contribution < 1.29 is 18.6 Å². The highest BCUT2D eigenvalue weighted by Gasteiger charge is 2.32. The maximum Gasteiger partial charge on any atom is 0.316 e. The van der Waals surface area contributed by atoms with Gasteiger partial charge >= 0.3 is 6.01 Å². The number of hydrogen-bond donors (Lipinski definition) is 2. The van der Waals surface area contributed by atoms with E-state index in [9.17, 15) is 4.39 Å². The fourth-order valence-corrected chi connectivity index (χ4v) is 3.15. The summed E-state index contributed by atoms with van der Waals surface area (Å²) in [4.78, 5) is 18.7. The Bertz CT molecular complexity index is 1040. The number of halogens is 1. The zero-order valence-electron chi connectivity index (χ0n) is 18.3. The summed E-state index contributed by atoms with van der Waals surface area (Å²) in [5.74, 6) is 0.148. The van der Waals surface area contributed by atoms with Crippen LogP contribution >= 0.6 is 0 Å². The van der Waals surface area contributed by atoms with Crippen LogP contribution in [0.15, 0.2) is 36.5 Å². The lowest BCUT2D eigenvalue weighted by atomic mass is 10.1. The smallest absolute Gasteiger partial charge is 0.316 e. The van der Waals surface area contributed by atoms with E-state index in [0.29, 0.717) is 42.7 Å². The molecular weight excluding hydrogens is 415 g/mol. The molecule has 4 rings (SSSR count). The second kappa shape index (κ2) is 9.29. The first kappa shape index (κ1) is 22.3. The Kier molecular flexibility index (Phi) is 6.47. The molecule has 3 heterocycles. The number of hydrogen-bond acceptors (Lipinski definition) is 8. The summed E-state index contributed by atoms with van der Waals surface area (Å²) in [5.41, 5.74) is 8.03. The van der Waals surface area contributed by atoms with Crippen molar-refractivity contribution in [1.29, 1.82) is 0 Å². The molecule has 0 saturated carbocycles. The molecule has 32 heavy (non-hydrogen) atoms. The van der Waals surface area contributed by atoms with Crippen molar-refractivity contribution in [1.82, 2.24) is 24.8 Å². The molecule has 0 amide bonds. The van der Waals surface area contributed by atoms with Crippen LogP contribution in [-0.4, -0.2) is 70.8 Å². The predicted octanol–water partition coefficient (Wildman–Crippen LogP) is 2.38. The van der Waals surface area contributed by atoms with Crippen LogP contribution in [0.5, 0.6) is 6.01 Å². The lowest BCUT2D eigenvalue weighted by Gasteiger charge is -2.33.